The molecule has 3 heteroatoms. The van der Waals surface area contributed by atoms with E-state index in [1.54, 1.807) is 0 Å². The minimum atomic E-state index is 0.565. The molecule has 2 aliphatic rings. The molecule has 1 aromatic rings. The number of hydrogen-bond acceptors (Lipinski definition) is 1. The molecular weight excluding hydrogens is 306 g/mol. The first-order valence-electron chi connectivity index (χ1n) is 10.5. The Balaban J connectivity index is 1.79. The number of hydrogen-bond donors (Lipinski definition) is 1. The Bertz CT molecular complexity index is 503. The van der Waals surface area contributed by atoms with Crippen molar-refractivity contribution in [1.29, 1.82) is 5.41 Å². The Hall–Kier alpha value is -1.51. The highest BCUT2D eigenvalue weighted by atomic mass is 15.4. The van der Waals surface area contributed by atoms with Gasteiger partial charge in [-0.05, 0) is 37.8 Å². The number of nitrogens with zero attached hydrogens (tertiary/aromatic N) is 2. The molecule has 3 rings (SSSR count). The lowest BCUT2D eigenvalue weighted by Gasteiger charge is -2.38. The van der Waals surface area contributed by atoms with Gasteiger partial charge < -0.3 is 9.80 Å². The molecule has 1 N–H and O–H groups in total. The van der Waals surface area contributed by atoms with E-state index in [1.165, 1.54) is 82.7 Å². The highest BCUT2D eigenvalue weighted by molar-refractivity contribution is 5.94. The van der Waals surface area contributed by atoms with Gasteiger partial charge >= 0.3 is 0 Å². The topological polar surface area (TPSA) is 30.3 Å². The lowest BCUT2D eigenvalue weighted by molar-refractivity contribution is 0.263. The molecule has 3 nitrogen and oxygen atoms in total. The molecule has 0 unspecified atom stereocenters. The van der Waals surface area contributed by atoms with Gasteiger partial charge in [-0.2, -0.15) is 0 Å². The van der Waals surface area contributed by atoms with Gasteiger partial charge in [-0.3, -0.25) is 5.41 Å². The zero-order valence-electron chi connectivity index (χ0n) is 15.8. The van der Waals surface area contributed by atoms with Gasteiger partial charge in [-0.15, -0.1) is 0 Å². The van der Waals surface area contributed by atoms with Crippen molar-refractivity contribution >= 4 is 11.6 Å². The second-order valence-corrected chi connectivity index (χ2v) is 7.77. The van der Waals surface area contributed by atoms with E-state index >= 15 is 0 Å². The fourth-order valence-electron chi connectivity index (χ4n) is 4.41. The van der Waals surface area contributed by atoms with Gasteiger partial charge in [-0.1, -0.05) is 69.6 Å². The lowest BCUT2D eigenvalue weighted by Crippen LogP contribution is -2.49. The van der Waals surface area contributed by atoms with Crippen molar-refractivity contribution in [3.8, 4) is 0 Å². The van der Waals surface area contributed by atoms with E-state index < -0.39 is 0 Å². The molecule has 0 bridgehead atoms. The van der Waals surface area contributed by atoms with Gasteiger partial charge in [0.05, 0.1) is 0 Å². The zero-order valence-corrected chi connectivity index (χ0v) is 15.8. The molecule has 0 aromatic heterocycles. The Morgan fingerprint density at radius 3 is 1.92 bits per heavy atom. The van der Waals surface area contributed by atoms with E-state index in [-0.39, 0.29) is 0 Å². The summed E-state index contributed by atoms with van der Waals surface area (Å²) in [5, 5.41) is 9.04. The summed E-state index contributed by atoms with van der Waals surface area (Å²) in [6.07, 6.45) is 15.8. The number of rotatable bonds is 2. The molecule has 1 heterocycles. The fraction of sp³-hybridized carbons (Fsp3) is 0.682. The molecule has 2 fully saturated rings. The normalized spacial score (nSPS) is 22.3. The molecule has 1 aromatic carbocycles. The molecule has 0 amide bonds. The van der Waals surface area contributed by atoms with E-state index in [1.807, 2.05) is 0 Å². The van der Waals surface area contributed by atoms with Crippen molar-refractivity contribution in [3.63, 3.8) is 0 Å². The summed E-state index contributed by atoms with van der Waals surface area (Å²) < 4.78 is 0. The highest BCUT2D eigenvalue weighted by Gasteiger charge is 2.26. The second-order valence-electron chi connectivity index (χ2n) is 7.77. The van der Waals surface area contributed by atoms with Crippen LogP contribution in [0, 0.1) is 5.41 Å². The third-order valence-electron chi connectivity index (χ3n) is 5.89. The van der Waals surface area contributed by atoms with Crippen LogP contribution in [0.5, 0.6) is 0 Å². The monoisotopic (exact) mass is 341 g/mol. The Morgan fingerprint density at radius 1 is 0.680 bits per heavy atom. The molecule has 1 saturated heterocycles. The fourth-order valence-corrected chi connectivity index (χ4v) is 4.41. The molecular formula is C22H35N3. The third-order valence-corrected chi connectivity index (χ3v) is 5.89. The first kappa shape index (κ1) is 18.3. The average Bonchev–Trinajstić information content (AvgIpc) is 2.83. The lowest BCUT2D eigenvalue weighted by atomic mass is 10.0. The van der Waals surface area contributed by atoms with Crippen LogP contribution in [0.15, 0.2) is 30.3 Å². The number of benzene rings is 1. The van der Waals surface area contributed by atoms with Crippen LogP contribution in [0.4, 0.5) is 5.69 Å². The van der Waals surface area contributed by atoms with Crippen LogP contribution in [-0.4, -0.2) is 30.0 Å². The summed E-state index contributed by atoms with van der Waals surface area (Å²) in [5.74, 6) is 0.748. The summed E-state index contributed by atoms with van der Waals surface area (Å²) in [6.45, 7) is 2.04. The molecule has 1 aliphatic carbocycles. The van der Waals surface area contributed by atoms with E-state index in [0.29, 0.717) is 6.04 Å². The van der Waals surface area contributed by atoms with Crippen molar-refractivity contribution in [2.45, 2.75) is 83.1 Å². The van der Waals surface area contributed by atoms with Gasteiger partial charge in [-0.25, -0.2) is 0 Å². The molecule has 0 atom stereocenters. The highest BCUT2D eigenvalue weighted by Crippen LogP contribution is 2.25. The van der Waals surface area contributed by atoms with E-state index in [2.05, 4.69) is 40.1 Å². The van der Waals surface area contributed by atoms with E-state index in [4.69, 9.17) is 5.41 Å². The third kappa shape index (κ3) is 5.23. The summed E-state index contributed by atoms with van der Waals surface area (Å²) in [6, 6.07) is 11.1. The van der Waals surface area contributed by atoms with Crippen LogP contribution in [0.3, 0.4) is 0 Å². The number of anilines is 1. The molecule has 0 radical (unpaired) electrons. The van der Waals surface area contributed by atoms with Crippen LogP contribution in [0.2, 0.25) is 0 Å². The van der Waals surface area contributed by atoms with Crippen molar-refractivity contribution in [1.82, 2.24) is 4.90 Å². The second kappa shape index (κ2) is 9.84. The largest absolute Gasteiger partial charge is 0.340 e. The van der Waals surface area contributed by atoms with Crippen LogP contribution in [-0.2, 0) is 0 Å². The van der Waals surface area contributed by atoms with E-state index in [0.717, 1.165) is 19.0 Å². The summed E-state index contributed by atoms with van der Waals surface area (Å²) in [5.41, 5.74) is 1.18. The molecule has 0 spiro atoms. The average molecular weight is 342 g/mol. The maximum absolute atomic E-state index is 9.04. The van der Waals surface area contributed by atoms with Crippen molar-refractivity contribution < 1.29 is 0 Å². The molecule has 25 heavy (non-hydrogen) atoms. The first-order chi connectivity index (χ1) is 12.4. The van der Waals surface area contributed by atoms with Crippen molar-refractivity contribution in [2.24, 2.45) is 0 Å². The first-order valence-corrected chi connectivity index (χ1v) is 10.5. The summed E-state index contributed by atoms with van der Waals surface area (Å²) in [7, 11) is 0. The Labute approximate surface area is 153 Å². The summed E-state index contributed by atoms with van der Waals surface area (Å²) >= 11 is 0. The zero-order chi connectivity index (χ0) is 17.3. The van der Waals surface area contributed by atoms with Gasteiger partial charge in [0, 0.05) is 24.8 Å². The standard InChI is InChI=1S/C22H35N3/c23-22-24(20-14-8-3-1-2-4-9-15-20)18-12-5-6-13-19-25(22)21-16-10-7-11-17-21/h7,10-11,16-17,20,23H,1-6,8-9,12-15,18-19H2. The molecule has 138 valence electrons. The van der Waals surface area contributed by atoms with Crippen LogP contribution < -0.4 is 4.90 Å². The maximum Gasteiger partial charge on any atom is 0.198 e. The van der Waals surface area contributed by atoms with Crippen LogP contribution >= 0.6 is 0 Å². The minimum absolute atomic E-state index is 0.565. The van der Waals surface area contributed by atoms with E-state index in [9.17, 15) is 0 Å². The van der Waals surface area contributed by atoms with Gasteiger partial charge in [0.15, 0.2) is 5.96 Å². The van der Waals surface area contributed by atoms with Gasteiger partial charge in [0.25, 0.3) is 0 Å². The smallest absolute Gasteiger partial charge is 0.198 e. The van der Waals surface area contributed by atoms with Crippen molar-refractivity contribution in [3.05, 3.63) is 30.3 Å². The minimum Gasteiger partial charge on any atom is -0.340 e. The number of nitrogens with one attached hydrogen (secondary N) is 1. The predicted octanol–water partition coefficient (Wildman–Crippen LogP) is 5.81. The van der Waals surface area contributed by atoms with Crippen LogP contribution in [0.25, 0.3) is 0 Å². The van der Waals surface area contributed by atoms with Crippen LogP contribution in [0.1, 0.15) is 77.0 Å². The van der Waals surface area contributed by atoms with Crippen molar-refractivity contribution in [2.75, 3.05) is 18.0 Å². The Morgan fingerprint density at radius 2 is 1.24 bits per heavy atom. The number of para-hydroxylation sites is 1. The molecule has 1 aliphatic heterocycles. The predicted molar refractivity (Wildman–Crippen MR) is 107 cm³/mol. The Kier molecular flexibility index (Phi) is 7.20. The SMILES string of the molecule is N=C1N(c2ccccc2)CCCCCCN1C1CCCCCCCC1. The quantitative estimate of drug-likeness (QED) is 0.736. The maximum atomic E-state index is 9.04. The van der Waals surface area contributed by atoms with Gasteiger partial charge in [0.2, 0.25) is 0 Å². The molecule has 1 saturated carbocycles. The summed E-state index contributed by atoms with van der Waals surface area (Å²) in [4.78, 5) is 4.72. The number of guanidine groups is 1. The van der Waals surface area contributed by atoms with Gasteiger partial charge in [0.1, 0.15) is 0 Å².